The van der Waals surface area contributed by atoms with Crippen LogP contribution in [0.2, 0.25) is 0 Å². The van der Waals surface area contributed by atoms with Gasteiger partial charge < -0.3 is 10.2 Å². The van der Waals surface area contributed by atoms with E-state index in [4.69, 9.17) is 0 Å². The van der Waals surface area contributed by atoms with Crippen LogP contribution in [0.4, 0.5) is 0 Å². The van der Waals surface area contributed by atoms with Crippen LogP contribution in [0.1, 0.15) is 111 Å². The molecule has 9 aliphatic rings. The molecule has 7 saturated carbocycles. The number of rotatable bonds is 6. The number of fused-ring (bicyclic) bond motifs is 4. The Labute approximate surface area is 254 Å². The minimum Gasteiger partial charge on any atom is -0.481 e. The fourth-order valence-corrected chi connectivity index (χ4v) is 13.6. The quantitative estimate of drug-likeness (QED) is 0.310. The minimum atomic E-state index is -0.544. The Balaban J connectivity index is 0.000000138. The van der Waals surface area contributed by atoms with E-state index in [-0.39, 0.29) is 11.3 Å². The van der Waals surface area contributed by atoms with Gasteiger partial charge in [-0.1, -0.05) is 64.8 Å². The smallest absolute Gasteiger partial charge is 0.310 e. The third-order valence-corrected chi connectivity index (χ3v) is 15.5. The second kappa shape index (κ2) is 10.2. The summed E-state index contributed by atoms with van der Waals surface area (Å²) < 4.78 is 0. The highest BCUT2D eigenvalue weighted by molar-refractivity contribution is 5.78. The number of carboxylic acids is 2. The summed E-state index contributed by atoms with van der Waals surface area (Å²) in [6.07, 6.45) is 25.1. The van der Waals surface area contributed by atoms with E-state index >= 15 is 0 Å². The SMILES string of the molecule is CC1CCC(C(C)(C)C2(C(=O)O)CC3C=CC2C3)CC1.CCC1(C(=O)O)C2C=CC(C2)C1C1C2CC3CC(C2)CC1C3. The van der Waals surface area contributed by atoms with Crippen molar-refractivity contribution in [3.05, 3.63) is 24.3 Å². The summed E-state index contributed by atoms with van der Waals surface area (Å²) >= 11 is 0. The van der Waals surface area contributed by atoms with E-state index in [2.05, 4.69) is 52.0 Å². The molecule has 4 heteroatoms. The molecule has 0 aromatic carbocycles. The van der Waals surface area contributed by atoms with E-state index in [9.17, 15) is 19.8 Å². The minimum absolute atomic E-state index is 0.0941. The van der Waals surface area contributed by atoms with Crippen molar-refractivity contribution < 1.29 is 19.8 Å². The molecule has 0 amide bonds. The van der Waals surface area contributed by atoms with Crippen LogP contribution < -0.4 is 0 Å². The van der Waals surface area contributed by atoms with Crippen LogP contribution >= 0.6 is 0 Å². The first kappa shape index (κ1) is 29.1. The summed E-state index contributed by atoms with van der Waals surface area (Å²) in [5.74, 6) is 6.79. The standard InChI is InChI=1S/C20H28O2.C18H28O2/c1-2-20(19(21)22)16-4-3-13(10-16)18(20)17-14-6-11-5-12(8-14)9-15(17)7-11;1-12-4-7-14(8-5-12)17(2,3)18(16(19)20)11-13-6-9-15(18)10-13/h3-4,11-18H,2,5-10H2,1H3,(H,21,22);6,9,12-15H,4-5,7-8,10-11H2,1-3H3,(H,19,20). The van der Waals surface area contributed by atoms with Gasteiger partial charge in [0.05, 0.1) is 10.8 Å². The van der Waals surface area contributed by atoms with Crippen LogP contribution in [-0.4, -0.2) is 22.2 Å². The van der Waals surface area contributed by atoms with Crippen LogP contribution in [0.5, 0.6) is 0 Å². The van der Waals surface area contributed by atoms with E-state index < -0.39 is 22.8 Å². The first-order chi connectivity index (χ1) is 20.0. The lowest BCUT2D eigenvalue weighted by Gasteiger charge is -2.59. The monoisotopic (exact) mass is 576 g/mol. The predicted molar refractivity (Wildman–Crippen MR) is 165 cm³/mol. The third kappa shape index (κ3) is 4.04. The van der Waals surface area contributed by atoms with Crippen molar-refractivity contribution in [2.75, 3.05) is 0 Å². The van der Waals surface area contributed by atoms with Crippen molar-refractivity contribution >= 4 is 11.9 Å². The summed E-state index contributed by atoms with van der Waals surface area (Å²) in [6, 6.07) is 0. The van der Waals surface area contributed by atoms with E-state index in [1.807, 2.05) is 0 Å². The zero-order valence-electron chi connectivity index (χ0n) is 26.6. The highest BCUT2D eigenvalue weighted by atomic mass is 16.4. The predicted octanol–water partition coefficient (Wildman–Crippen LogP) is 8.87. The Morgan fingerprint density at radius 1 is 0.786 bits per heavy atom. The average Bonchev–Trinajstić information content (AvgIpc) is 3.74. The first-order valence-electron chi connectivity index (χ1n) is 17.8. The highest BCUT2D eigenvalue weighted by Gasteiger charge is 2.66. The highest BCUT2D eigenvalue weighted by Crippen LogP contribution is 2.68. The molecular weight excluding hydrogens is 520 g/mol. The number of allylic oxidation sites excluding steroid dienone is 4. The summed E-state index contributed by atoms with van der Waals surface area (Å²) in [7, 11) is 0. The topological polar surface area (TPSA) is 74.6 Å². The number of carboxylic acid groups (broad SMARTS) is 2. The van der Waals surface area contributed by atoms with Crippen molar-refractivity contribution in [1.29, 1.82) is 0 Å². The Morgan fingerprint density at radius 3 is 1.90 bits per heavy atom. The Bertz CT molecular complexity index is 1110. The van der Waals surface area contributed by atoms with Crippen molar-refractivity contribution in [1.82, 2.24) is 0 Å². The van der Waals surface area contributed by atoms with Gasteiger partial charge in [-0.25, -0.2) is 0 Å². The van der Waals surface area contributed by atoms with Crippen LogP contribution in [0.3, 0.4) is 0 Å². The van der Waals surface area contributed by atoms with Gasteiger partial charge in [0.1, 0.15) is 0 Å². The van der Waals surface area contributed by atoms with Gasteiger partial charge in [-0.05, 0) is 147 Å². The van der Waals surface area contributed by atoms with Gasteiger partial charge in [-0.2, -0.15) is 0 Å². The molecule has 0 aromatic heterocycles. The van der Waals surface area contributed by atoms with Gasteiger partial charge in [-0.15, -0.1) is 0 Å². The molecule has 0 radical (unpaired) electrons. The summed E-state index contributed by atoms with van der Waals surface area (Å²) in [5, 5.41) is 20.2. The molecule has 7 unspecified atom stereocenters. The van der Waals surface area contributed by atoms with Crippen molar-refractivity contribution in [2.24, 2.45) is 87.3 Å². The van der Waals surface area contributed by atoms with Crippen LogP contribution in [0.25, 0.3) is 0 Å². The molecule has 0 heterocycles. The van der Waals surface area contributed by atoms with Gasteiger partial charge >= 0.3 is 11.9 Å². The number of aliphatic carboxylic acids is 2. The summed E-state index contributed by atoms with van der Waals surface area (Å²) in [4.78, 5) is 24.6. The van der Waals surface area contributed by atoms with E-state index in [0.29, 0.717) is 35.5 Å². The maximum absolute atomic E-state index is 12.4. The molecule has 2 N–H and O–H groups in total. The molecule has 4 nitrogen and oxygen atoms in total. The molecule has 0 aliphatic heterocycles. The molecule has 7 fully saturated rings. The van der Waals surface area contributed by atoms with Gasteiger partial charge in [-0.3, -0.25) is 9.59 Å². The second-order valence-corrected chi connectivity index (χ2v) is 17.3. The molecular formula is C38H56O4. The molecule has 0 aromatic rings. The number of hydrogen-bond donors (Lipinski definition) is 2. The van der Waals surface area contributed by atoms with Crippen LogP contribution in [-0.2, 0) is 9.59 Å². The van der Waals surface area contributed by atoms with E-state index in [1.165, 1.54) is 57.8 Å². The summed E-state index contributed by atoms with van der Waals surface area (Å²) in [5.41, 5.74) is -1.06. The lowest BCUT2D eigenvalue weighted by molar-refractivity contribution is -0.165. The second-order valence-electron chi connectivity index (χ2n) is 17.3. The van der Waals surface area contributed by atoms with Crippen LogP contribution in [0, 0.1) is 87.3 Å². The zero-order chi connectivity index (χ0) is 29.6. The maximum Gasteiger partial charge on any atom is 0.310 e. The molecule has 8 bridgehead atoms. The molecule has 42 heavy (non-hydrogen) atoms. The molecule has 232 valence electrons. The van der Waals surface area contributed by atoms with Crippen molar-refractivity contribution in [3.8, 4) is 0 Å². The van der Waals surface area contributed by atoms with E-state index in [1.54, 1.807) is 0 Å². The molecule has 9 aliphatic carbocycles. The van der Waals surface area contributed by atoms with Gasteiger partial charge in [0.25, 0.3) is 0 Å². The van der Waals surface area contributed by atoms with Crippen LogP contribution in [0.15, 0.2) is 24.3 Å². The van der Waals surface area contributed by atoms with Crippen molar-refractivity contribution in [2.45, 2.75) is 111 Å². The average molecular weight is 577 g/mol. The number of hydrogen-bond acceptors (Lipinski definition) is 2. The van der Waals surface area contributed by atoms with Gasteiger partial charge in [0.15, 0.2) is 0 Å². The Morgan fingerprint density at radius 2 is 1.40 bits per heavy atom. The van der Waals surface area contributed by atoms with E-state index in [0.717, 1.165) is 55.3 Å². The molecule has 7 atom stereocenters. The zero-order valence-corrected chi connectivity index (χ0v) is 26.6. The fourth-order valence-electron chi connectivity index (χ4n) is 13.6. The third-order valence-electron chi connectivity index (χ3n) is 15.5. The molecule has 0 saturated heterocycles. The Hall–Kier alpha value is -1.58. The van der Waals surface area contributed by atoms with Gasteiger partial charge in [0, 0.05) is 0 Å². The molecule has 9 rings (SSSR count). The lowest BCUT2D eigenvalue weighted by atomic mass is 9.46. The molecule has 0 spiro atoms. The number of carbonyl (C=O) groups is 2. The maximum atomic E-state index is 12.4. The van der Waals surface area contributed by atoms with Crippen molar-refractivity contribution in [3.63, 3.8) is 0 Å². The lowest BCUT2D eigenvalue weighted by Crippen LogP contribution is -2.54. The normalized spacial score (nSPS) is 51.1. The fraction of sp³-hybridized carbons (Fsp3) is 0.842. The Kier molecular flexibility index (Phi) is 7.10. The van der Waals surface area contributed by atoms with Gasteiger partial charge in [0.2, 0.25) is 0 Å². The summed E-state index contributed by atoms with van der Waals surface area (Å²) in [6.45, 7) is 8.95. The largest absolute Gasteiger partial charge is 0.481 e. The first-order valence-corrected chi connectivity index (χ1v) is 17.8.